The Morgan fingerprint density at radius 2 is 1.74 bits per heavy atom. The monoisotopic (exact) mass is 629 g/mol. The lowest BCUT2D eigenvalue weighted by molar-refractivity contribution is -0.275. The number of rotatable bonds is 10. The molecule has 15 heteroatoms. The number of para-hydroxylation sites is 1. The van der Waals surface area contributed by atoms with Gasteiger partial charge >= 0.3 is 18.6 Å². The number of benzene rings is 2. The third kappa shape index (κ3) is 8.94. The van der Waals surface area contributed by atoms with Crippen molar-refractivity contribution in [2.45, 2.75) is 45.0 Å². The maximum atomic E-state index is 14.1. The Morgan fingerprint density at radius 3 is 2.40 bits per heavy atom. The minimum absolute atomic E-state index is 0.0268. The summed E-state index contributed by atoms with van der Waals surface area (Å²) in [5.74, 6) is -1.54. The summed E-state index contributed by atoms with van der Waals surface area (Å²) >= 11 is 0. The van der Waals surface area contributed by atoms with Crippen LogP contribution in [0, 0.1) is 0 Å². The molecular formula is C28H29F6N3O5Si. The number of amides is 1. The van der Waals surface area contributed by atoms with Crippen LogP contribution in [0.25, 0.3) is 5.76 Å². The molecule has 0 bridgehead atoms. The van der Waals surface area contributed by atoms with Gasteiger partial charge in [0.05, 0.1) is 11.1 Å². The third-order valence-electron chi connectivity index (χ3n) is 6.00. The van der Waals surface area contributed by atoms with Gasteiger partial charge in [-0.2, -0.15) is 13.2 Å². The molecule has 0 radical (unpaired) electrons. The Hall–Kier alpha value is -4.11. The Kier molecular flexibility index (Phi) is 9.34. The van der Waals surface area contributed by atoms with Crippen LogP contribution in [0.15, 0.2) is 60.8 Å². The fraction of sp³-hybridized carbons (Fsp3) is 0.321. The van der Waals surface area contributed by atoms with E-state index in [1.807, 2.05) is 0 Å². The molecule has 0 aliphatic carbocycles. The van der Waals surface area contributed by atoms with E-state index in [2.05, 4.69) is 35.0 Å². The summed E-state index contributed by atoms with van der Waals surface area (Å²) in [7, 11) is -1.44. The maximum absolute atomic E-state index is 14.1. The number of anilines is 2. The van der Waals surface area contributed by atoms with Gasteiger partial charge in [-0.15, -0.1) is 13.2 Å². The summed E-state index contributed by atoms with van der Waals surface area (Å²) in [6.45, 7) is 6.63. The lowest BCUT2D eigenvalue weighted by Gasteiger charge is -2.22. The number of alkyl halides is 6. The topological polar surface area (TPSA) is 83.0 Å². The van der Waals surface area contributed by atoms with Crippen molar-refractivity contribution in [2.24, 2.45) is 0 Å². The van der Waals surface area contributed by atoms with Crippen LogP contribution in [0.5, 0.6) is 17.2 Å². The highest BCUT2D eigenvalue weighted by Gasteiger charge is 2.40. The molecule has 0 atom stereocenters. The number of hydrogen-bond acceptors (Lipinski definition) is 6. The predicted molar refractivity (Wildman–Crippen MR) is 150 cm³/mol. The van der Waals surface area contributed by atoms with Gasteiger partial charge in [0, 0.05) is 39.2 Å². The average molecular weight is 630 g/mol. The first kappa shape index (κ1) is 31.8. The second kappa shape index (κ2) is 12.6. The highest BCUT2D eigenvalue weighted by molar-refractivity contribution is 6.76. The molecule has 1 aromatic heterocycles. The Labute approximate surface area is 244 Å². The molecule has 1 amide bonds. The fourth-order valence-corrected chi connectivity index (χ4v) is 4.78. The van der Waals surface area contributed by atoms with E-state index in [0.717, 1.165) is 24.4 Å². The molecule has 0 spiro atoms. The molecule has 2 N–H and O–H groups in total. The Balaban J connectivity index is 1.60. The van der Waals surface area contributed by atoms with Crippen LogP contribution in [0.4, 0.5) is 42.6 Å². The van der Waals surface area contributed by atoms with Crippen molar-refractivity contribution < 1.29 is 50.1 Å². The smallest absolute Gasteiger partial charge is 0.453 e. The second-order valence-corrected chi connectivity index (χ2v) is 16.3. The molecule has 0 saturated heterocycles. The number of nitrogens with zero attached hydrogens (tertiary/aromatic N) is 1. The molecule has 8 nitrogen and oxygen atoms in total. The number of fused-ring (bicyclic) bond motifs is 1. The summed E-state index contributed by atoms with van der Waals surface area (Å²) < 4.78 is 104. The quantitative estimate of drug-likeness (QED) is 0.134. The van der Waals surface area contributed by atoms with E-state index in [1.165, 1.54) is 28.8 Å². The van der Waals surface area contributed by atoms with Crippen molar-refractivity contribution in [1.29, 1.82) is 0 Å². The van der Waals surface area contributed by atoms with E-state index >= 15 is 0 Å². The highest BCUT2D eigenvalue weighted by Crippen LogP contribution is 2.44. The molecule has 1 aliphatic rings. The van der Waals surface area contributed by atoms with Crippen LogP contribution in [-0.4, -0.2) is 38.2 Å². The number of carbonyl (C=O) groups is 1. The lowest BCUT2D eigenvalue weighted by atomic mass is 10.1. The van der Waals surface area contributed by atoms with Gasteiger partial charge in [-0.3, -0.25) is 5.32 Å². The zero-order chi connectivity index (χ0) is 31.4. The van der Waals surface area contributed by atoms with Gasteiger partial charge in [0.1, 0.15) is 24.1 Å². The van der Waals surface area contributed by atoms with Gasteiger partial charge in [-0.1, -0.05) is 37.8 Å². The molecule has 0 saturated carbocycles. The fourth-order valence-electron chi connectivity index (χ4n) is 4.02. The molecule has 2 aromatic carbocycles. The van der Waals surface area contributed by atoms with E-state index in [-0.39, 0.29) is 41.9 Å². The van der Waals surface area contributed by atoms with Crippen molar-refractivity contribution in [3.05, 3.63) is 71.9 Å². The molecule has 0 fully saturated rings. The van der Waals surface area contributed by atoms with Crippen LogP contribution >= 0.6 is 0 Å². The van der Waals surface area contributed by atoms with Gasteiger partial charge in [-0.25, -0.2) is 4.79 Å². The van der Waals surface area contributed by atoms with E-state index in [0.29, 0.717) is 6.61 Å². The number of nitrogens with one attached hydrogen (secondary N) is 2. The Morgan fingerprint density at radius 1 is 1.02 bits per heavy atom. The maximum Gasteiger partial charge on any atom is 0.573 e. The van der Waals surface area contributed by atoms with Crippen molar-refractivity contribution in [1.82, 2.24) is 4.57 Å². The van der Waals surface area contributed by atoms with E-state index in [4.69, 9.17) is 14.2 Å². The zero-order valence-electron chi connectivity index (χ0n) is 23.4. The van der Waals surface area contributed by atoms with Crippen LogP contribution < -0.4 is 24.8 Å². The van der Waals surface area contributed by atoms with Crippen molar-refractivity contribution >= 4 is 31.4 Å². The summed E-state index contributed by atoms with van der Waals surface area (Å²) in [6.07, 6.45) is -8.84. The first-order valence-electron chi connectivity index (χ1n) is 13.0. The van der Waals surface area contributed by atoms with Gasteiger partial charge in [0.15, 0.2) is 11.5 Å². The van der Waals surface area contributed by atoms with E-state index in [9.17, 15) is 31.1 Å². The minimum atomic E-state index is -5.18. The minimum Gasteiger partial charge on any atom is -0.453 e. The van der Waals surface area contributed by atoms with Crippen LogP contribution in [0.2, 0.25) is 25.7 Å². The van der Waals surface area contributed by atoms with Crippen molar-refractivity contribution in [3.8, 4) is 17.2 Å². The molecule has 43 heavy (non-hydrogen) atoms. The molecule has 4 rings (SSSR count). The lowest BCUT2D eigenvalue weighted by Crippen LogP contribution is -2.22. The van der Waals surface area contributed by atoms with E-state index in [1.54, 1.807) is 18.2 Å². The van der Waals surface area contributed by atoms with Gasteiger partial charge in [0.2, 0.25) is 0 Å². The zero-order valence-corrected chi connectivity index (χ0v) is 24.4. The average Bonchev–Trinajstić information content (AvgIpc) is 3.27. The Bertz CT molecular complexity index is 1470. The molecule has 0 unspecified atom stereocenters. The first-order chi connectivity index (χ1) is 20.1. The largest absolute Gasteiger partial charge is 0.573 e. The first-order valence-corrected chi connectivity index (χ1v) is 16.7. The van der Waals surface area contributed by atoms with Gasteiger partial charge in [0.25, 0.3) is 0 Å². The van der Waals surface area contributed by atoms with Crippen LogP contribution in [-0.2, 0) is 17.6 Å². The molecule has 232 valence electrons. The molecular weight excluding hydrogens is 600 g/mol. The van der Waals surface area contributed by atoms with Gasteiger partial charge < -0.3 is 28.8 Å². The number of carbonyl (C=O) groups excluding carboxylic acids is 1. The number of halogens is 6. The van der Waals surface area contributed by atoms with Crippen molar-refractivity contribution in [2.75, 3.05) is 23.8 Å². The molecule has 3 aromatic rings. The van der Waals surface area contributed by atoms with Gasteiger partial charge in [-0.05, 0) is 36.4 Å². The third-order valence-corrected chi connectivity index (χ3v) is 7.71. The highest BCUT2D eigenvalue weighted by atomic mass is 28.3. The van der Waals surface area contributed by atoms with E-state index < -0.39 is 43.8 Å². The standard InChI is InChI=1S/C28H29F6N3O5Si/c1-43(2,3)14-13-39-17-37-16-20(27(29,30)31)24-22(11-12-35-25(24)37)41-21-10-9-18(15-23(21)42-28(32,33)34)36-26(38)40-19-7-5-4-6-8-19/h4-11,15-16,35H,12-14,17H2,1-3H3,(H,36,38). The van der Waals surface area contributed by atoms with Crippen LogP contribution in [0.3, 0.4) is 0 Å². The second-order valence-electron chi connectivity index (χ2n) is 10.7. The number of hydrogen-bond donors (Lipinski definition) is 2. The normalized spacial score (nSPS) is 13.5. The summed E-state index contributed by atoms with van der Waals surface area (Å²) in [6, 6.07) is 11.8. The molecule has 1 aliphatic heterocycles. The SMILES string of the molecule is C[Si](C)(C)CCOCn1cc(C(F)(F)F)c2c1NCC=C2Oc1ccc(NC(=O)Oc2ccccc2)cc1OC(F)(F)F. The summed E-state index contributed by atoms with van der Waals surface area (Å²) in [5.41, 5.74) is -1.60. The number of ether oxygens (including phenoxy) is 4. The summed E-state index contributed by atoms with van der Waals surface area (Å²) in [5, 5.41) is 5.14. The van der Waals surface area contributed by atoms with Crippen LogP contribution in [0.1, 0.15) is 11.1 Å². The summed E-state index contributed by atoms with van der Waals surface area (Å²) in [4.78, 5) is 12.2. The van der Waals surface area contributed by atoms with Crippen molar-refractivity contribution in [3.63, 3.8) is 0 Å². The molecule has 2 heterocycles. The predicted octanol–water partition coefficient (Wildman–Crippen LogP) is 8.17. The number of aromatic nitrogens is 1.